The van der Waals surface area contributed by atoms with Crippen molar-refractivity contribution in [2.75, 3.05) is 32.2 Å². The van der Waals surface area contributed by atoms with Crippen LogP contribution in [0.15, 0.2) is 18.2 Å². The van der Waals surface area contributed by atoms with Gasteiger partial charge in [0.15, 0.2) is 0 Å². The second kappa shape index (κ2) is 6.39. The Balaban J connectivity index is 2.68. The SMILES string of the molecule is CNS(=O)(=O)CCNC(=O)c1cc(OC)ccc1N. The van der Waals surface area contributed by atoms with Crippen LogP contribution in [0, 0.1) is 0 Å². The molecule has 0 bridgehead atoms. The van der Waals surface area contributed by atoms with Gasteiger partial charge >= 0.3 is 0 Å². The molecule has 0 heterocycles. The molecular formula is C11H17N3O4S. The van der Waals surface area contributed by atoms with Gasteiger partial charge in [0.1, 0.15) is 5.75 Å². The first kappa shape index (κ1) is 15.3. The van der Waals surface area contributed by atoms with Crippen LogP contribution in [0.1, 0.15) is 10.4 Å². The monoisotopic (exact) mass is 287 g/mol. The summed E-state index contributed by atoms with van der Waals surface area (Å²) in [5.74, 6) is -0.135. The van der Waals surface area contributed by atoms with Crippen LogP contribution < -0.4 is 20.5 Å². The number of nitrogens with one attached hydrogen (secondary N) is 2. The number of methoxy groups -OCH3 is 1. The molecule has 0 atom stereocenters. The number of carbonyl (C=O) groups excluding carboxylic acids is 1. The van der Waals surface area contributed by atoms with Crippen LogP contribution in [-0.2, 0) is 10.0 Å². The summed E-state index contributed by atoms with van der Waals surface area (Å²) in [4.78, 5) is 11.8. The largest absolute Gasteiger partial charge is 0.497 e. The summed E-state index contributed by atoms with van der Waals surface area (Å²) in [6, 6.07) is 4.69. The number of amides is 1. The first-order valence-electron chi connectivity index (χ1n) is 5.52. The predicted molar refractivity (Wildman–Crippen MR) is 72.6 cm³/mol. The average Bonchev–Trinajstić information content (AvgIpc) is 2.39. The van der Waals surface area contributed by atoms with Crippen molar-refractivity contribution in [2.24, 2.45) is 0 Å². The van der Waals surface area contributed by atoms with E-state index in [1.165, 1.54) is 20.2 Å². The van der Waals surface area contributed by atoms with E-state index in [1.54, 1.807) is 12.1 Å². The predicted octanol–water partition coefficient (Wildman–Crippen LogP) is -0.444. The summed E-state index contributed by atoms with van der Waals surface area (Å²) in [5.41, 5.74) is 6.23. The lowest BCUT2D eigenvalue weighted by atomic mass is 10.1. The molecule has 0 saturated carbocycles. The van der Waals surface area contributed by atoms with Crippen molar-refractivity contribution in [1.82, 2.24) is 10.0 Å². The molecule has 0 unspecified atom stereocenters. The lowest BCUT2D eigenvalue weighted by Crippen LogP contribution is -2.33. The fraction of sp³-hybridized carbons (Fsp3) is 0.364. The molecule has 106 valence electrons. The highest BCUT2D eigenvalue weighted by atomic mass is 32.2. The Morgan fingerprint density at radius 3 is 2.68 bits per heavy atom. The van der Waals surface area contributed by atoms with Crippen molar-refractivity contribution >= 4 is 21.6 Å². The molecule has 19 heavy (non-hydrogen) atoms. The number of ether oxygens (including phenoxy) is 1. The lowest BCUT2D eigenvalue weighted by molar-refractivity contribution is 0.0956. The van der Waals surface area contributed by atoms with Crippen molar-refractivity contribution in [3.8, 4) is 5.75 Å². The van der Waals surface area contributed by atoms with Crippen molar-refractivity contribution < 1.29 is 17.9 Å². The maximum absolute atomic E-state index is 11.8. The number of rotatable bonds is 6. The van der Waals surface area contributed by atoms with E-state index in [2.05, 4.69) is 10.0 Å². The third-order valence-electron chi connectivity index (χ3n) is 2.47. The van der Waals surface area contributed by atoms with Crippen LogP contribution in [0.3, 0.4) is 0 Å². The molecule has 0 aliphatic carbocycles. The topological polar surface area (TPSA) is 111 Å². The Labute approximate surface area is 112 Å². The number of nitrogens with two attached hydrogens (primary N) is 1. The van der Waals surface area contributed by atoms with Crippen molar-refractivity contribution in [3.05, 3.63) is 23.8 Å². The minimum Gasteiger partial charge on any atom is -0.497 e. The number of hydrogen-bond donors (Lipinski definition) is 3. The fourth-order valence-corrected chi connectivity index (χ4v) is 1.93. The molecular weight excluding hydrogens is 270 g/mol. The van der Waals surface area contributed by atoms with E-state index in [0.717, 1.165) is 0 Å². The number of sulfonamides is 1. The molecule has 0 saturated heterocycles. The Kier molecular flexibility index (Phi) is 5.13. The molecule has 1 aromatic carbocycles. The summed E-state index contributed by atoms with van der Waals surface area (Å²) in [6.07, 6.45) is 0. The lowest BCUT2D eigenvalue weighted by Gasteiger charge is -2.09. The van der Waals surface area contributed by atoms with Crippen LogP contribution in [0.4, 0.5) is 5.69 Å². The van der Waals surface area contributed by atoms with Crippen molar-refractivity contribution in [2.45, 2.75) is 0 Å². The Bertz CT molecular complexity index is 557. The van der Waals surface area contributed by atoms with E-state index >= 15 is 0 Å². The van der Waals surface area contributed by atoms with Gasteiger partial charge in [0, 0.05) is 12.2 Å². The molecule has 0 fully saturated rings. The average molecular weight is 287 g/mol. The van der Waals surface area contributed by atoms with Crippen LogP contribution in [0.25, 0.3) is 0 Å². The van der Waals surface area contributed by atoms with Gasteiger partial charge in [-0.05, 0) is 25.2 Å². The summed E-state index contributed by atoms with van der Waals surface area (Å²) in [7, 11) is -0.545. The van der Waals surface area contributed by atoms with E-state index in [1.807, 2.05) is 0 Å². The Hall–Kier alpha value is -1.80. The highest BCUT2D eigenvalue weighted by molar-refractivity contribution is 7.89. The summed E-state index contributed by atoms with van der Waals surface area (Å²) in [5, 5.41) is 2.49. The minimum atomic E-state index is -3.34. The van der Waals surface area contributed by atoms with Gasteiger partial charge in [-0.3, -0.25) is 4.79 Å². The van der Waals surface area contributed by atoms with E-state index in [9.17, 15) is 13.2 Å². The number of benzene rings is 1. The van der Waals surface area contributed by atoms with E-state index in [0.29, 0.717) is 11.4 Å². The Morgan fingerprint density at radius 2 is 2.11 bits per heavy atom. The second-order valence-corrected chi connectivity index (χ2v) is 5.78. The maximum atomic E-state index is 11.8. The van der Waals surface area contributed by atoms with Crippen LogP contribution >= 0.6 is 0 Å². The third kappa shape index (κ3) is 4.42. The molecule has 0 aliphatic rings. The number of hydrogen-bond acceptors (Lipinski definition) is 5. The summed E-state index contributed by atoms with van der Waals surface area (Å²) in [6.45, 7) is -0.00133. The van der Waals surface area contributed by atoms with Crippen molar-refractivity contribution in [3.63, 3.8) is 0 Å². The fourth-order valence-electron chi connectivity index (χ4n) is 1.36. The smallest absolute Gasteiger partial charge is 0.253 e. The second-order valence-electron chi connectivity index (χ2n) is 3.73. The highest BCUT2D eigenvalue weighted by Gasteiger charge is 2.12. The van der Waals surface area contributed by atoms with Gasteiger partial charge < -0.3 is 15.8 Å². The molecule has 0 aliphatic heterocycles. The third-order valence-corrected chi connectivity index (χ3v) is 3.84. The van der Waals surface area contributed by atoms with Gasteiger partial charge in [0.05, 0.1) is 18.4 Å². The molecule has 0 aromatic heterocycles. The maximum Gasteiger partial charge on any atom is 0.253 e. The normalized spacial score (nSPS) is 11.1. The number of carbonyl (C=O) groups is 1. The van der Waals surface area contributed by atoms with Gasteiger partial charge in [-0.1, -0.05) is 0 Å². The summed E-state index contributed by atoms with van der Waals surface area (Å²) >= 11 is 0. The summed E-state index contributed by atoms with van der Waals surface area (Å²) < 4.78 is 29.5. The van der Waals surface area contributed by atoms with Crippen LogP contribution in [0.2, 0.25) is 0 Å². The van der Waals surface area contributed by atoms with Gasteiger partial charge in [-0.25, -0.2) is 13.1 Å². The molecule has 8 heteroatoms. The van der Waals surface area contributed by atoms with Gasteiger partial charge in [0.2, 0.25) is 10.0 Å². The molecule has 7 nitrogen and oxygen atoms in total. The highest BCUT2D eigenvalue weighted by Crippen LogP contribution is 2.19. The van der Waals surface area contributed by atoms with Gasteiger partial charge in [0.25, 0.3) is 5.91 Å². The molecule has 1 rings (SSSR count). The van der Waals surface area contributed by atoms with Crippen LogP contribution in [0.5, 0.6) is 5.75 Å². The van der Waals surface area contributed by atoms with Crippen molar-refractivity contribution in [1.29, 1.82) is 0 Å². The van der Waals surface area contributed by atoms with Gasteiger partial charge in [-0.2, -0.15) is 0 Å². The van der Waals surface area contributed by atoms with E-state index in [-0.39, 0.29) is 17.9 Å². The van der Waals surface area contributed by atoms with Crippen LogP contribution in [-0.4, -0.2) is 40.8 Å². The molecule has 1 amide bonds. The quantitative estimate of drug-likeness (QED) is 0.614. The number of nitrogen functional groups attached to an aromatic ring is 1. The zero-order valence-electron chi connectivity index (χ0n) is 10.8. The molecule has 4 N–H and O–H groups in total. The van der Waals surface area contributed by atoms with E-state index in [4.69, 9.17) is 10.5 Å². The first-order valence-corrected chi connectivity index (χ1v) is 7.18. The first-order chi connectivity index (χ1) is 8.89. The van der Waals surface area contributed by atoms with E-state index < -0.39 is 15.9 Å². The zero-order chi connectivity index (χ0) is 14.5. The molecule has 1 aromatic rings. The Morgan fingerprint density at radius 1 is 1.42 bits per heavy atom. The zero-order valence-corrected chi connectivity index (χ0v) is 11.6. The molecule has 0 radical (unpaired) electrons. The minimum absolute atomic E-state index is 0.00133. The standard InChI is InChI=1S/C11H17N3O4S/c1-13-19(16,17)6-5-14-11(15)9-7-8(18-2)3-4-10(9)12/h3-4,7,13H,5-6,12H2,1-2H3,(H,14,15). The van der Waals surface area contributed by atoms with Gasteiger partial charge in [-0.15, -0.1) is 0 Å². The molecule has 0 spiro atoms. The number of anilines is 1.